The van der Waals surface area contributed by atoms with Crippen molar-refractivity contribution in [2.75, 3.05) is 33.1 Å². The third kappa shape index (κ3) is 3.72. The zero-order valence-electron chi connectivity index (χ0n) is 13.7. The Morgan fingerprint density at radius 1 is 1.29 bits per heavy atom. The van der Waals surface area contributed by atoms with E-state index in [0.717, 1.165) is 12.8 Å². The summed E-state index contributed by atoms with van der Waals surface area (Å²) in [6.45, 7) is 3.29. The van der Waals surface area contributed by atoms with Gasteiger partial charge in [0.1, 0.15) is 5.75 Å². The van der Waals surface area contributed by atoms with Gasteiger partial charge >= 0.3 is 5.97 Å². The van der Waals surface area contributed by atoms with Crippen LogP contribution in [0.25, 0.3) is 0 Å². The van der Waals surface area contributed by atoms with E-state index in [1.54, 1.807) is 30.0 Å². The molecule has 1 saturated heterocycles. The molecule has 3 rings (SSSR count). The number of hydrogen-bond donors (Lipinski definition) is 0. The summed E-state index contributed by atoms with van der Waals surface area (Å²) in [6, 6.07) is 5.19. The first-order chi connectivity index (χ1) is 11.7. The Labute approximate surface area is 140 Å². The molecule has 130 valence electrons. The standard InChI is InChI=1S/C17H21NO6/c1-2-21-17(20)12-4-3-7-18(9-12)16(19)10-22-13-5-6-14-15(8-13)24-11-23-14/h5-6,8,12H,2-4,7,9-11H2,1H3/t12-/m1/s1. The smallest absolute Gasteiger partial charge is 0.310 e. The predicted octanol–water partition coefficient (Wildman–Crippen LogP) is 1.60. The topological polar surface area (TPSA) is 74.3 Å². The molecule has 24 heavy (non-hydrogen) atoms. The second kappa shape index (κ2) is 7.42. The minimum Gasteiger partial charge on any atom is -0.484 e. The maximum atomic E-state index is 12.3. The molecule has 1 atom stereocenters. The number of likely N-dealkylation sites (tertiary alicyclic amines) is 1. The van der Waals surface area contributed by atoms with Gasteiger partial charge in [-0.15, -0.1) is 0 Å². The van der Waals surface area contributed by atoms with Crippen LogP contribution >= 0.6 is 0 Å². The van der Waals surface area contributed by atoms with E-state index in [1.165, 1.54) is 0 Å². The largest absolute Gasteiger partial charge is 0.484 e. The minimum absolute atomic E-state index is 0.0742. The first-order valence-corrected chi connectivity index (χ1v) is 8.14. The third-order valence-electron chi connectivity index (χ3n) is 4.10. The van der Waals surface area contributed by atoms with Crippen LogP contribution < -0.4 is 14.2 Å². The van der Waals surface area contributed by atoms with Crippen molar-refractivity contribution in [3.8, 4) is 17.2 Å². The molecule has 2 aliphatic heterocycles. The lowest BCUT2D eigenvalue weighted by Crippen LogP contribution is -2.44. The van der Waals surface area contributed by atoms with E-state index in [4.69, 9.17) is 18.9 Å². The molecule has 1 aromatic rings. The van der Waals surface area contributed by atoms with E-state index in [9.17, 15) is 9.59 Å². The number of hydrogen-bond acceptors (Lipinski definition) is 6. The van der Waals surface area contributed by atoms with E-state index in [2.05, 4.69) is 0 Å². The zero-order chi connectivity index (χ0) is 16.9. The van der Waals surface area contributed by atoms with E-state index in [1.807, 2.05) is 0 Å². The van der Waals surface area contributed by atoms with Gasteiger partial charge in [-0.05, 0) is 31.9 Å². The van der Waals surface area contributed by atoms with Crippen LogP contribution in [-0.4, -0.2) is 49.9 Å². The first-order valence-electron chi connectivity index (χ1n) is 8.14. The Morgan fingerprint density at radius 3 is 2.96 bits per heavy atom. The van der Waals surface area contributed by atoms with Gasteiger partial charge in [-0.1, -0.05) is 0 Å². The molecule has 1 aromatic carbocycles. The average molecular weight is 335 g/mol. The summed E-state index contributed by atoms with van der Waals surface area (Å²) in [5, 5.41) is 0. The number of rotatable bonds is 5. The Hall–Kier alpha value is -2.44. The summed E-state index contributed by atoms with van der Waals surface area (Å²) >= 11 is 0. The number of fused-ring (bicyclic) bond motifs is 1. The van der Waals surface area contributed by atoms with Crippen LogP contribution in [0, 0.1) is 5.92 Å². The van der Waals surface area contributed by atoms with Gasteiger partial charge in [0, 0.05) is 19.2 Å². The summed E-state index contributed by atoms with van der Waals surface area (Å²) in [6.07, 6.45) is 1.55. The maximum absolute atomic E-state index is 12.3. The molecule has 0 aromatic heterocycles. The van der Waals surface area contributed by atoms with Gasteiger partial charge in [-0.25, -0.2) is 0 Å². The lowest BCUT2D eigenvalue weighted by molar-refractivity contribution is -0.151. The molecule has 1 fully saturated rings. The SMILES string of the molecule is CCOC(=O)[C@@H]1CCCN(C(=O)COc2ccc3c(c2)OCO3)C1. The van der Waals surface area contributed by atoms with Gasteiger partial charge in [0.2, 0.25) is 6.79 Å². The fourth-order valence-corrected chi connectivity index (χ4v) is 2.86. The number of nitrogens with zero attached hydrogens (tertiary/aromatic N) is 1. The number of carbonyl (C=O) groups excluding carboxylic acids is 2. The number of amides is 1. The van der Waals surface area contributed by atoms with E-state index in [0.29, 0.717) is 36.9 Å². The molecule has 2 aliphatic rings. The summed E-state index contributed by atoms with van der Waals surface area (Å²) in [7, 11) is 0. The summed E-state index contributed by atoms with van der Waals surface area (Å²) in [5.41, 5.74) is 0. The van der Waals surface area contributed by atoms with Crippen molar-refractivity contribution in [2.24, 2.45) is 5.92 Å². The monoisotopic (exact) mass is 335 g/mol. The number of carbonyl (C=O) groups is 2. The van der Waals surface area contributed by atoms with Gasteiger partial charge in [-0.3, -0.25) is 9.59 Å². The highest BCUT2D eigenvalue weighted by Crippen LogP contribution is 2.35. The van der Waals surface area contributed by atoms with Crippen LogP contribution in [0.5, 0.6) is 17.2 Å². The quantitative estimate of drug-likeness (QED) is 0.761. The number of ether oxygens (including phenoxy) is 4. The number of benzene rings is 1. The molecule has 0 aliphatic carbocycles. The fraction of sp³-hybridized carbons (Fsp3) is 0.529. The second-order valence-electron chi connectivity index (χ2n) is 5.73. The molecule has 0 saturated carbocycles. The normalized spacial score (nSPS) is 19.0. The van der Waals surface area contributed by atoms with Crippen LogP contribution in [0.1, 0.15) is 19.8 Å². The van der Waals surface area contributed by atoms with Crippen molar-refractivity contribution < 1.29 is 28.5 Å². The van der Waals surface area contributed by atoms with E-state index in [-0.39, 0.29) is 31.2 Å². The van der Waals surface area contributed by atoms with E-state index < -0.39 is 0 Å². The number of esters is 1. The zero-order valence-corrected chi connectivity index (χ0v) is 13.7. The third-order valence-corrected chi connectivity index (χ3v) is 4.10. The molecule has 0 bridgehead atoms. The molecule has 0 N–H and O–H groups in total. The van der Waals surface area contributed by atoms with Crippen LogP contribution in [0.3, 0.4) is 0 Å². The maximum Gasteiger partial charge on any atom is 0.310 e. The Morgan fingerprint density at radius 2 is 2.12 bits per heavy atom. The molecule has 0 spiro atoms. The molecule has 0 radical (unpaired) electrons. The lowest BCUT2D eigenvalue weighted by atomic mass is 9.98. The Balaban J connectivity index is 1.52. The van der Waals surface area contributed by atoms with Crippen molar-refractivity contribution in [3.63, 3.8) is 0 Å². The second-order valence-corrected chi connectivity index (χ2v) is 5.73. The molecular weight excluding hydrogens is 314 g/mol. The van der Waals surface area contributed by atoms with Gasteiger partial charge in [0.25, 0.3) is 5.91 Å². The summed E-state index contributed by atoms with van der Waals surface area (Å²) in [4.78, 5) is 25.8. The highest BCUT2D eigenvalue weighted by Gasteiger charge is 2.29. The summed E-state index contributed by atoms with van der Waals surface area (Å²) in [5.74, 6) is 1.22. The number of piperidine rings is 1. The summed E-state index contributed by atoms with van der Waals surface area (Å²) < 4.78 is 21.1. The van der Waals surface area contributed by atoms with Gasteiger partial charge in [0.05, 0.1) is 12.5 Å². The molecule has 7 heteroatoms. The fourth-order valence-electron chi connectivity index (χ4n) is 2.86. The van der Waals surface area contributed by atoms with Crippen LogP contribution in [0.15, 0.2) is 18.2 Å². The van der Waals surface area contributed by atoms with Gasteiger partial charge < -0.3 is 23.8 Å². The lowest BCUT2D eigenvalue weighted by Gasteiger charge is -2.31. The predicted molar refractivity (Wildman–Crippen MR) is 84.0 cm³/mol. The van der Waals surface area contributed by atoms with Crippen molar-refractivity contribution in [1.82, 2.24) is 4.90 Å². The van der Waals surface area contributed by atoms with E-state index >= 15 is 0 Å². The molecule has 1 amide bonds. The van der Waals surface area contributed by atoms with Gasteiger partial charge in [0.15, 0.2) is 18.1 Å². The van der Waals surface area contributed by atoms with Crippen molar-refractivity contribution in [1.29, 1.82) is 0 Å². The molecule has 2 heterocycles. The molecular formula is C17H21NO6. The van der Waals surface area contributed by atoms with Crippen LogP contribution in [0.4, 0.5) is 0 Å². The Kier molecular flexibility index (Phi) is 5.08. The van der Waals surface area contributed by atoms with Crippen molar-refractivity contribution in [3.05, 3.63) is 18.2 Å². The molecule has 0 unspecified atom stereocenters. The van der Waals surface area contributed by atoms with Gasteiger partial charge in [-0.2, -0.15) is 0 Å². The highest BCUT2D eigenvalue weighted by atomic mass is 16.7. The molecule has 7 nitrogen and oxygen atoms in total. The van der Waals surface area contributed by atoms with Crippen LogP contribution in [0.2, 0.25) is 0 Å². The van der Waals surface area contributed by atoms with Crippen LogP contribution in [-0.2, 0) is 14.3 Å². The van der Waals surface area contributed by atoms with Crippen molar-refractivity contribution in [2.45, 2.75) is 19.8 Å². The van der Waals surface area contributed by atoms with Crippen molar-refractivity contribution >= 4 is 11.9 Å². The average Bonchev–Trinajstić information content (AvgIpc) is 3.07. The highest BCUT2D eigenvalue weighted by molar-refractivity contribution is 5.79. The minimum atomic E-state index is -0.242. The first kappa shape index (κ1) is 16.4. The Bertz CT molecular complexity index is 617.